The number of hydrogen-bond acceptors (Lipinski definition) is 3. The fourth-order valence-corrected chi connectivity index (χ4v) is 1.75. The Morgan fingerprint density at radius 1 is 1.53 bits per heavy atom. The van der Waals surface area contributed by atoms with Crippen molar-refractivity contribution >= 4 is 11.6 Å². The number of rotatable bonds is 4. The largest absolute Gasteiger partial charge is 0.497 e. The van der Waals surface area contributed by atoms with Crippen LogP contribution in [-0.4, -0.2) is 18.6 Å². The van der Waals surface area contributed by atoms with Crippen molar-refractivity contribution in [1.29, 1.82) is 0 Å². The summed E-state index contributed by atoms with van der Waals surface area (Å²) in [6.07, 6.45) is 6.02. The van der Waals surface area contributed by atoms with Crippen LogP contribution in [0.5, 0.6) is 0 Å². The molecule has 4 nitrogen and oxygen atoms in total. The quantitative estimate of drug-likeness (QED) is 0.833. The lowest BCUT2D eigenvalue weighted by Gasteiger charge is -2.20. The molecule has 2 rings (SSSR count). The summed E-state index contributed by atoms with van der Waals surface area (Å²) < 4.78 is 5.44. The molecular formula is C13H16N2O2. The van der Waals surface area contributed by atoms with Gasteiger partial charge in [-0.2, -0.15) is 0 Å². The number of allylic oxidation sites excluding steroid dienone is 1. The van der Waals surface area contributed by atoms with Crippen LogP contribution in [0, 0.1) is 0 Å². The lowest BCUT2D eigenvalue weighted by Crippen LogP contribution is -2.23. The molecule has 4 heteroatoms. The highest BCUT2D eigenvalue weighted by atomic mass is 16.5. The van der Waals surface area contributed by atoms with Gasteiger partial charge in [0.25, 0.3) is 0 Å². The first-order chi connectivity index (χ1) is 8.25. The summed E-state index contributed by atoms with van der Waals surface area (Å²) >= 11 is 0. The van der Waals surface area contributed by atoms with Crippen molar-refractivity contribution in [2.75, 3.05) is 11.9 Å². The summed E-state index contributed by atoms with van der Waals surface area (Å²) in [5.41, 5.74) is 6.62. The second kappa shape index (κ2) is 5.39. The van der Waals surface area contributed by atoms with Crippen LogP contribution in [0.4, 0.5) is 5.69 Å². The third kappa shape index (κ3) is 3.24. The topological polar surface area (TPSA) is 64.4 Å². The number of carbonyl (C=O) groups excluding carboxylic acids is 1. The second-order valence-electron chi connectivity index (χ2n) is 4.03. The van der Waals surface area contributed by atoms with E-state index in [1.807, 2.05) is 18.2 Å². The fraction of sp³-hybridized carbons (Fsp3) is 0.308. The zero-order valence-electron chi connectivity index (χ0n) is 9.56. The molecule has 1 aromatic carbocycles. The maximum absolute atomic E-state index is 11.0. The predicted octanol–water partition coefficient (Wildman–Crippen LogP) is 1.89. The number of hydrogen-bond donors (Lipinski definition) is 2. The molecule has 1 heterocycles. The predicted molar refractivity (Wildman–Crippen MR) is 66.7 cm³/mol. The van der Waals surface area contributed by atoms with E-state index in [2.05, 4.69) is 5.32 Å². The molecule has 1 aromatic rings. The second-order valence-corrected chi connectivity index (χ2v) is 4.03. The summed E-state index contributed by atoms with van der Waals surface area (Å²) in [6.45, 7) is 0.729. The maximum Gasteiger partial charge on any atom is 0.248 e. The summed E-state index contributed by atoms with van der Waals surface area (Å²) in [5, 5.41) is 3.24. The van der Waals surface area contributed by atoms with Gasteiger partial charge in [0.05, 0.1) is 12.8 Å². The van der Waals surface area contributed by atoms with Crippen molar-refractivity contribution in [1.82, 2.24) is 0 Å². The summed E-state index contributed by atoms with van der Waals surface area (Å²) in [7, 11) is 0. The summed E-state index contributed by atoms with van der Waals surface area (Å²) in [4.78, 5) is 11.0. The Morgan fingerprint density at radius 2 is 2.41 bits per heavy atom. The first kappa shape index (κ1) is 11.5. The molecule has 0 saturated heterocycles. The monoisotopic (exact) mass is 232 g/mol. The number of nitrogens with one attached hydrogen (secondary N) is 1. The van der Waals surface area contributed by atoms with Crippen molar-refractivity contribution in [3.63, 3.8) is 0 Å². The van der Waals surface area contributed by atoms with Crippen LogP contribution in [-0.2, 0) is 4.74 Å². The lowest BCUT2D eigenvalue weighted by atomic mass is 10.1. The molecule has 0 fully saturated rings. The van der Waals surface area contributed by atoms with Crippen LogP contribution in [0.3, 0.4) is 0 Å². The molecule has 0 bridgehead atoms. The van der Waals surface area contributed by atoms with E-state index in [0.717, 1.165) is 25.1 Å². The molecule has 90 valence electrons. The van der Waals surface area contributed by atoms with Gasteiger partial charge in [-0.3, -0.25) is 4.79 Å². The Balaban J connectivity index is 1.92. The molecule has 3 N–H and O–H groups in total. The highest BCUT2D eigenvalue weighted by Crippen LogP contribution is 2.14. The third-order valence-corrected chi connectivity index (χ3v) is 2.70. The Bertz CT molecular complexity index is 429. The van der Waals surface area contributed by atoms with Gasteiger partial charge in [0.2, 0.25) is 5.91 Å². The van der Waals surface area contributed by atoms with E-state index in [4.69, 9.17) is 10.5 Å². The van der Waals surface area contributed by atoms with Crippen molar-refractivity contribution in [3.05, 3.63) is 42.2 Å². The molecule has 1 aliphatic rings. The van der Waals surface area contributed by atoms with Gasteiger partial charge in [-0.25, -0.2) is 0 Å². The van der Waals surface area contributed by atoms with Gasteiger partial charge in [0, 0.05) is 11.3 Å². The van der Waals surface area contributed by atoms with Crippen LogP contribution in [0.2, 0.25) is 0 Å². The average molecular weight is 232 g/mol. The van der Waals surface area contributed by atoms with Crippen molar-refractivity contribution < 1.29 is 9.53 Å². The smallest absolute Gasteiger partial charge is 0.248 e. The molecule has 0 aliphatic carbocycles. The number of anilines is 1. The van der Waals surface area contributed by atoms with E-state index in [1.54, 1.807) is 18.4 Å². The van der Waals surface area contributed by atoms with Gasteiger partial charge in [-0.15, -0.1) is 0 Å². The van der Waals surface area contributed by atoms with Gasteiger partial charge in [0.15, 0.2) is 0 Å². The summed E-state index contributed by atoms with van der Waals surface area (Å²) in [6, 6.07) is 7.17. The average Bonchev–Trinajstić information content (AvgIpc) is 2.38. The minimum absolute atomic E-state index is 0.192. The van der Waals surface area contributed by atoms with Crippen LogP contribution in [0.25, 0.3) is 0 Å². The molecule has 0 spiro atoms. The van der Waals surface area contributed by atoms with E-state index in [1.165, 1.54) is 0 Å². The van der Waals surface area contributed by atoms with Gasteiger partial charge in [-0.05, 0) is 37.1 Å². The first-order valence-electron chi connectivity index (χ1n) is 5.70. The Kier molecular flexibility index (Phi) is 3.65. The third-order valence-electron chi connectivity index (χ3n) is 2.70. The van der Waals surface area contributed by atoms with E-state index in [9.17, 15) is 4.79 Å². The maximum atomic E-state index is 11.0. The zero-order valence-corrected chi connectivity index (χ0v) is 9.56. The Morgan fingerprint density at radius 3 is 3.12 bits per heavy atom. The molecule has 1 unspecified atom stereocenters. The molecule has 1 atom stereocenters. The van der Waals surface area contributed by atoms with Gasteiger partial charge < -0.3 is 15.8 Å². The highest BCUT2D eigenvalue weighted by Gasteiger charge is 2.10. The Labute approximate surface area is 100 Å². The molecule has 0 saturated carbocycles. The first-order valence-corrected chi connectivity index (χ1v) is 5.70. The Hall–Kier alpha value is -1.97. The van der Waals surface area contributed by atoms with Crippen molar-refractivity contribution in [2.45, 2.75) is 18.9 Å². The van der Waals surface area contributed by atoms with E-state index in [-0.39, 0.29) is 6.10 Å². The summed E-state index contributed by atoms with van der Waals surface area (Å²) in [5.74, 6) is -0.412. The van der Waals surface area contributed by atoms with E-state index >= 15 is 0 Å². The van der Waals surface area contributed by atoms with E-state index < -0.39 is 5.91 Å². The van der Waals surface area contributed by atoms with E-state index in [0.29, 0.717) is 5.56 Å². The molecule has 1 aliphatic heterocycles. The van der Waals surface area contributed by atoms with Crippen LogP contribution in [0.1, 0.15) is 23.2 Å². The van der Waals surface area contributed by atoms with Crippen molar-refractivity contribution in [2.24, 2.45) is 5.73 Å². The molecule has 0 aromatic heterocycles. The van der Waals surface area contributed by atoms with Gasteiger partial charge in [0.1, 0.15) is 6.10 Å². The molecule has 1 amide bonds. The van der Waals surface area contributed by atoms with Gasteiger partial charge >= 0.3 is 0 Å². The highest BCUT2D eigenvalue weighted by molar-refractivity contribution is 5.93. The minimum Gasteiger partial charge on any atom is -0.497 e. The normalized spacial score (nSPS) is 18.5. The number of benzene rings is 1. The standard InChI is InChI=1S/C13H16N2O2/c14-13(16)10-4-3-5-11(8-10)15-9-12-6-1-2-7-17-12/h2-5,7-8,12,15H,1,6,9H2,(H2,14,16). The number of ether oxygens (including phenoxy) is 1. The number of carbonyl (C=O) groups is 1. The molecule has 0 radical (unpaired) electrons. The zero-order chi connectivity index (χ0) is 12.1. The lowest BCUT2D eigenvalue weighted by molar-refractivity contribution is 0.100. The van der Waals surface area contributed by atoms with Gasteiger partial charge in [-0.1, -0.05) is 6.07 Å². The minimum atomic E-state index is -0.412. The number of nitrogens with two attached hydrogens (primary N) is 1. The fourth-order valence-electron chi connectivity index (χ4n) is 1.75. The van der Waals surface area contributed by atoms with Crippen LogP contribution >= 0.6 is 0 Å². The number of primary amides is 1. The van der Waals surface area contributed by atoms with Crippen LogP contribution < -0.4 is 11.1 Å². The number of amides is 1. The van der Waals surface area contributed by atoms with Crippen LogP contribution in [0.15, 0.2) is 36.6 Å². The van der Waals surface area contributed by atoms with Crippen molar-refractivity contribution in [3.8, 4) is 0 Å². The molecule has 17 heavy (non-hydrogen) atoms. The SMILES string of the molecule is NC(=O)c1cccc(NCC2CCC=CO2)c1. The molecular weight excluding hydrogens is 216 g/mol.